The molecule has 1 amide bonds. The normalized spacial score (nSPS) is 22.8. The van der Waals surface area contributed by atoms with E-state index in [0.29, 0.717) is 31.5 Å². The largest absolute Gasteiger partial charge is 0.381 e. The number of halogens is 2. The third kappa shape index (κ3) is 6.71. The Morgan fingerprint density at radius 2 is 2.05 bits per heavy atom. The fourth-order valence-electron chi connectivity index (χ4n) is 4.94. The van der Waals surface area contributed by atoms with Gasteiger partial charge in [0.25, 0.3) is 5.91 Å². The number of aromatic nitrogens is 1. The second kappa shape index (κ2) is 11.9. The van der Waals surface area contributed by atoms with Gasteiger partial charge in [-0.25, -0.2) is 31.5 Å². The number of guanidine groups is 1. The lowest BCUT2D eigenvalue weighted by atomic mass is 9.82. The van der Waals surface area contributed by atoms with Gasteiger partial charge in [0, 0.05) is 38.5 Å². The van der Waals surface area contributed by atoms with Crippen LogP contribution in [0.5, 0.6) is 0 Å². The van der Waals surface area contributed by atoms with Crippen molar-refractivity contribution in [2.45, 2.75) is 43.6 Å². The SMILES string of the molecule is COC1CC(CN2CC[C@H](S(=O)(=O)N(C)C(N)=N[C@H](C)c3cc(NC(=O)c4ccc(F)cn4)ccc3F)C2)C1. The van der Waals surface area contributed by atoms with Crippen LogP contribution in [0.4, 0.5) is 14.5 Å². The van der Waals surface area contributed by atoms with E-state index in [1.54, 1.807) is 14.0 Å². The Bertz CT molecular complexity index is 1320. The van der Waals surface area contributed by atoms with Crippen LogP contribution in [0, 0.1) is 17.6 Å². The Morgan fingerprint density at radius 1 is 1.31 bits per heavy atom. The minimum absolute atomic E-state index is 0.0123. The molecule has 2 fully saturated rings. The molecule has 4 rings (SSSR count). The number of ether oxygens (including phenoxy) is 1. The number of carbonyl (C=O) groups is 1. The first-order valence-electron chi connectivity index (χ1n) is 12.8. The van der Waals surface area contributed by atoms with E-state index in [-0.39, 0.29) is 22.9 Å². The predicted molar refractivity (Wildman–Crippen MR) is 144 cm³/mol. The molecule has 212 valence electrons. The summed E-state index contributed by atoms with van der Waals surface area (Å²) in [5.74, 6) is -1.52. The highest BCUT2D eigenvalue weighted by atomic mass is 32.2. The Morgan fingerprint density at radius 3 is 2.72 bits per heavy atom. The van der Waals surface area contributed by atoms with Crippen molar-refractivity contribution in [3.05, 3.63) is 59.4 Å². The van der Waals surface area contributed by atoms with Crippen LogP contribution in [0.2, 0.25) is 0 Å². The number of carbonyl (C=O) groups excluding carboxylic acids is 1. The van der Waals surface area contributed by atoms with Crippen LogP contribution >= 0.6 is 0 Å². The van der Waals surface area contributed by atoms with Crippen LogP contribution < -0.4 is 11.1 Å². The maximum absolute atomic E-state index is 14.7. The minimum atomic E-state index is -3.78. The van der Waals surface area contributed by atoms with E-state index >= 15 is 0 Å². The summed E-state index contributed by atoms with van der Waals surface area (Å²) in [6.45, 7) is 3.53. The zero-order valence-corrected chi connectivity index (χ0v) is 23.0. The lowest BCUT2D eigenvalue weighted by molar-refractivity contribution is -0.00859. The van der Waals surface area contributed by atoms with Crippen molar-refractivity contribution in [2.24, 2.45) is 16.6 Å². The number of methoxy groups -OCH3 is 1. The molecule has 1 aliphatic carbocycles. The third-order valence-corrected chi connectivity index (χ3v) is 9.56. The molecule has 10 nitrogen and oxygen atoms in total. The van der Waals surface area contributed by atoms with Crippen molar-refractivity contribution in [1.82, 2.24) is 14.2 Å². The van der Waals surface area contributed by atoms with Crippen molar-refractivity contribution in [3.8, 4) is 0 Å². The van der Waals surface area contributed by atoms with Crippen LogP contribution in [0.25, 0.3) is 0 Å². The van der Waals surface area contributed by atoms with Gasteiger partial charge in [-0.1, -0.05) is 0 Å². The molecule has 13 heteroatoms. The van der Waals surface area contributed by atoms with Crippen LogP contribution in [0.15, 0.2) is 41.5 Å². The van der Waals surface area contributed by atoms with Crippen molar-refractivity contribution >= 4 is 27.6 Å². The van der Waals surface area contributed by atoms with Crippen molar-refractivity contribution < 1.29 is 26.7 Å². The molecule has 0 radical (unpaired) electrons. The quantitative estimate of drug-likeness (QED) is 0.354. The molecule has 2 heterocycles. The van der Waals surface area contributed by atoms with Gasteiger partial charge in [0.2, 0.25) is 16.0 Å². The van der Waals surface area contributed by atoms with Gasteiger partial charge in [-0.3, -0.25) is 4.79 Å². The first-order valence-corrected chi connectivity index (χ1v) is 14.3. The molecular formula is C26H34F2N6O4S. The molecule has 0 spiro atoms. The van der Waals surface area contributed by atoms with Gasteiger partial charge in [-0.2, -0.15) is 0 Å². The average molecular weight is 565 g/mol. The molecule has 2 aliphatic rings. The summed E-state index contributed by atoms with van der Waals surface area (Å²) in [4.78, 5) is 22.5. The van der Waals surface area contributed by atoms with Crippen LogP contribution in [-0.2, 0) is 14.8 Å². The van der Waals surface area contributed by atoms with E-state index < -0.39 is 38.9 Å². The summed E-state index contributed by atoms with van der Waals surface area (Å²) in [5, 5.41) is 1.97. The standard InChI is InChI=1S/C26H34F2N6O4S/c1-16(22-12-19(5-6-23(22)28)32-25(35)24-7-4-18(27)13-30-24)31-26(29)33(2)39(36,37)21-8-9-34(15-21)14-17-10-20(11-17)38-3/h4-7,12-13,16-17,20-21H,8-11,14-15H2,1-3H3,(H2,29,31)(H,32,35)/t16-,17?,20?,21+/m1/s1. The zero-order chi connectivity index (χ0) is 28.3. The lowest BCUT2D eigenvalue weighted by Crippen LogP contribution is -2.45. The summed E-state index contributed by atoms with van der Waals surface area (Å²) < 4.78 is 60.6. The number of rotatable bonds is 9. The maximum atomic E-state index is 14.7. The van der Waals surface area contributed by atoms with Crippen molar-refractivity contribution in [2.75, 3.05) is 39.1 Å². The lowest BCUT2D eigenvalue weighted by Gasteiger charge is -2.36. The molecule has 0 unspecified atom stereocenters. The second-order valence-electron chi connectivity index (χ2n) is 10.1. The highest BCUT2D eigenvalue weighted by Crippen LogP contribution is 2.32. The van der Waals surface area contributed by atoms with E-state index in [4.69, 9.17) is 10.5 Å². The van der Waals surface area contributed by atoms with Crippen molar-refractivity contribution in [1.29, 1.82) is 0 Å². The summed E-state index contributed by atoms with van der Waals surface area (Å²) in [7, 11) is -0.724. The van der Waals surface area contributed by atoms with Gasteiger partial charge in [-0.15, -0.1) is 0 Å². The molecule has 1 saturated heterocycles. The number of hydrogen-bond acceptors (Lipinski definition) is 7. The van der Waals surface area contributed by atoms with Gasteiger partial charge < -0.3 is 20.7 Å². The van der Waals surface area contributed by atoms with Gasteiger partial charge in [0.05, 0.1) is 23.6 Å². The molecule has 2 atom stereocenters. The molecule has 39 heavy (non-hydrogen) atoms. The predicted octanol–water partition coefficient (Wildman–Crippen LogP) is 2.75. The second-order valence-corrected chi connectivity index (χ2v) is 12.3. The number of pyridine rings is 1. The van der Waals surface area contributed by atoms with E-state index in [9.17, 15) is 22.0 Å². The Labute approximate surface area is 227 Å². The fourth-order valence-corrected chi connectivity index (χ4v) is 6.49. The number of nitrogens with one attached hydrogen (secondary N) is 1. The third-order valence-electron chi connectivity index (χ3n) is 7.39. The first kappa shape index (κ1) is 28.8. The smallest absolute Gasteiger partial charge is 0.274 e. The van der Waals surface area contributed by atoms with Gasteiger partial charge in [-0.05, 0) is 69.0 Å². The summed E-state index contributed by atoms with van der Waals surface area (Å²) >= 11 is 0. The van der Waals surface area contributed by atoms with Crippen LogP contribution in [0.1, 0.15) is 48.3 Å². The summed E-state index contributed by atoms with van der Waals surface area (Å²) in [6.07, 6.45) is 3.70. The number of nitrogens with two attached hydrogens (primary N) is 1. The van der Waals surface area contributed by atoms with Crippen LogP contribution in [-0.4, -0.2) is 79.6 Å². The Kier molecular flexibility index (Phi) is 8.82. The number of amides is 1. The summed E-state index contributed by atoms with van der Waals surface area (Å²) in [6, 6.07) is 5.40. The number of nitrogens with zero attached hydrogens (tertiary/aromatic N) is 4. The number of benzene rings is 1. The monoisotopic (exact) mass is 564 g/mol. The molecule has 3 N–H and O–H groups in total. The Balaban J connectivity index is 1.40. The fraction of sp³-hybridized carbons (Fsp3) is 0.500. The maximum Gasteiger partial charge on any atom is 0.274 e. The van der Waals surface area contributed by atoms with Gasteiger partial charge in [0.1, 0.15) is 17.3 Å². The minimum Gasteiger partial charge on any atom is -0.381 e. The number of anilines is 1. The van der Waals surface area contributed by atoms with E-state index in [1.807, 2.05) is 0 Å². The highest BCUT2D eigenvalue weighted by Gasteiger charge is 2.39. The summed E-state index contributed by atoms with van der Waals surface area (Å²) in [5.41, 5.74) is 6.44. The number of sulfonamides is 1. The van der Waals surface area contributed by atoms with E-state index in [0.717, 1.165) is 42.0 Å². The topological polar surface area (TPSA) is 130 Å². The Hall–Kier alpha value is -3.16. The van der Waals surface area contributed by atoms with Gasteiger partial charge >= 0.3 is 0 Å². The number of likely N-dealkylation sites (tertiary alicyclic amines) is 1. The zero-order valence-electron chi connectivity index (χ0n) is 22.2. The van der Waals surface area contributed by atoms with Crippen molar-refractivity contribution in [3.63, 3.8) is 0 Å². The molecule has 1 aliphatic heterocycles. The average Bonchev–Trinajstić information content (AvgIpc) is 3.36. The van der Waals surface area contributed by atoms with E-state index in [1.165, 1.54) is 25.2 Å². The highest BCUT2D eigenvalue weighted by molar-refractivity contribution is 7.90. The van der Waals surface area contributed by atoms with Crippen LogP contribution in [0.3, 0.4) is 0 Å². The first-order chi connectivity index (χ1) is 18.5. The molecular weight excluding hydrogens is 530 g/mol. The number of aliphatic imine (C=N–C) groups is 1. The molecule has 0 bridgehead atoms. The molecule has 1 saturated carbocycles. The molecule has 1 aromatic heterocycles. The molecule has 2 aromatic rings. The number of hydrogen-bond donors (Lipinski definition) is 2. The van der Waals surface area contributed by atoms with Gasteiger partial charge in [0.15, 0.2) is 0 Å². The molecule has 1 aromatic carbocycles. The van der Waals surface area contributed by atoms with E-state index in [2.05, 4.69) is 20.2 Å².